The Kier molecular flexibility index (Phi) is 5.41. The predicted octanol–water partition coefficient (Wildman–Crippen LogP) is -0.0986. The van der Waals surface area contributed by atoms with Gasteiger partial charge in [0.2, 0.25) is 0 Å². The van der Waals surface area contributed by atoms with E-state index in [0.29, 0.717) is 5.75 Å². The van der Waals surface area contributed by atoms with E-state index in [9.17, 15) is 14.4 Å². The van der Waals surface area contributed by atoms with Gasteiger partial charge in [-0.25, -0.2) is 4.79 Å². The predicted molar refractivity (Wildman–Crippen MR) is 87.7 cm³/mol. The molecule has 1 aromatic carbocycles. The van der Waals surface area contributed by atoms with Crippen LogP contribution >= 0.6 is 0 Å². The zero-order valence-electron chi connectivity index (χ0n) is 13.7. The molecule has 1 N–H and O–H groups in total. The first-order valence-corrected chi connectivity index (χ1v) is 7.25. The number of aryl methyl sites for hydroxylation is 1. The van der Waals surface area contributed by atoms with Crippen molar-refractivity contribution in [1.82, 2.24) is 14.5 Å². The van der Waals surface area contributed by atoms with Crippen LogP contribution in [0.15, 0.2) is 40.1 Å². The third-order valence-electron chi connectivity index (χ3n) is 3.41. The number of benzene rings is 1. The maximum absolute atomic E-state index is 12.1. The normalized spacial score (nSPS) is 10.3. The molecular formula is C16H19N3O5. The second-order valence-electron chi connectivity index (χ2n) is 5.08. The van der Waals surface area contributed by atoms with Gasteiger partial charge in [-0.3, -0.25) is 14.2 Å². The van der Waals surface area contributed by atoms with Crippen LogP contribution < -0.4 is 26.0 Å². The summed E-state index contributed by atoms with van der Waals surface area (Å²) in [4.78, 5) is 35.6. The van der Waals surface area contributed by atoms with Gasteiger partial charge in [0.15, 0.2) is 0 Å². The lowest BCUT2D eigenvalue weighted by Crippen LogP contribution is -2.42. The third kappa shape index (κ3) is 3.83. The Hall–Kier alpha value is -3.03. The van der Waals surface area contributed by atoms with E-state index < -0.39 is 17.2 Å². The van der Waals surface area contributed by atoms with Gasteiger partial charge in [0, 0.05) is 20.3 Å². The van der Waals surface area contributed by atoms with E-state index >= 15 is 0 Å². The highest BCUT2D eigenvalue weighted by Gasteiger charge is 2.14. The van der Waals surface area contributed by atoms with Gasteiger partial charge in [0.1, 0.15) is 23.7 Å². The van der Waals surface area contributed by atoms with Gasteiger partial charge in [-0.15, -0.1) is 0 Å². The Balaban J connectivity index is 1.92. The van der Waals surface area contributed by atoms with Crippen molar-refractivity contribution in [3.8, 4) is 11.5 Å². The Morgan fingerprint density at radius 3 is 2.38 bits per heavy atom. The lowest BCUT2D eigenvalue weighted by atomic mass is 10.3. The summed E-state index contributed by atoms with van der Waals surface area (Å²) < 4.78 is 12.6. The molecule has 0 saturated carbocycles. The van der Waals surface area contributed by atoms with Crippen LogP contribution in [0.25, 0.3) is 0 Å². The van der Waals surface area contributed by atoms with Crippen LogP contribution in [0.4, 0.5) is 0 Å². The standard InChI is InChI=1S/C16H19N3O5/c1-18-10-13(15(21)19(2)16(18)22)14(20)17-8-9-24-12-6-4-11(23-3)5-7-12/h4-7,10H,8-9H2,1-3H3,(H,17,20). The first-order chi connectivity index (χ1) is 11.4. The van der Waals surface area contributed by atoms with Crippen molar-refractivity contribution >= 4 is 5.91 Å². The molecule has 0 radical (unpaired) electrons. The molecule has 2 rings (SSSR count). The van der Waals surface area contributed by atoms with E-state index in [0.717, 1.165) is 10.3 Å². The molecular weight excluding hydrogens is 314 g/mol. The van der Waals surface area contributed by atoms with Gasteiger partial charge >= 0.3 is 5.69 Å². The molecule has 1 heterocycles. The number of carbonyl (C=O) groups is 1. The maximum Gasteiger partial charge on any atom is 0.330 e. The summed E-state index contributed by atoms with van der Waals surface area (Å²) in [6.45, 7) is 0.459. The minimum Gasteiger partial charge on any atom is -0.497 e. The van der Waals surface area contributed by atoms with Crippen LogP contribution in [0.5, 0.6) is 11.5 Å². The number of aromatic nitrogens is 2. The van der Waals surface area contributed by atoms with Crippen molar-refractivity contribution in [3.63, 3.8) is 0 Å². The highest BCUT2D eigenvalue weighted by Crippen LogP contribution is 2.16. The fourth-order valence-corrected chi connectivity index (χ4v) is 2.06. The maximum atomic E-state index is 12.1. The summed E-state index contributed by atoms with van der Waals surface area (Å²) in [7, 11) is 4.38. The van der Waals surface area contributed by atoms with Gasteiger partial charge in [0.05, 0.1) is 13.7 Å². The molecule has 0 fully saturated rings. The average molecular weight is 333 g/mol. The number of amides is 1. The van der Waals surface area contributed by atoms with Crippen molar-refractivity contribution in [2.24, 2.45) is 14.1 Å². The third-order valence-corrected chi connectivity index (χ3v) is 3.41. The zero-order chi connectivity index (χ0) is 17.7. The van der Waals surface area contributed by atoms with E-state index in [1.165, 1.54) is 24.9 Å². The van der Waals surface area contributed by atoms with E-state index in [1.54, 1.807) is 31.4 Å². The molecule has 128 valence electrons. The summed E-state index contributed by atoms with van der Waals surface area (Å²) >= 11 is 0. The fraction of sp³-hybridized carbons (Fsp3) is 0.312. The highest BCUT2D eigenvalue weighted by atomic mass is 16.5. The summed E-state index contributed by atoms with van der Waals surface area (Å²) in [5, 5.41) is 2.59. The number of nitrogens with zero attached hydrogens (tertiary/aromatic N) is 2. The van der Waals surface area contributed by atoms with Crippen LogP contribution in [-0.2, 0) is 14.1 Å². The SMILES string of the molecule is COc1ccc(OCCNC(=O)c2cn(C)c(=O)n(C)c2=O)cc1. The van der Waals surface area contributed by atoms with Gasteiger partial charge in [-0.05, 0) is 24.3 Å². The molecule has 8 nitrogen and oxygen atoms in total. The van der Waals surface area contributed by atoms with Crippen LogP contribution in [0.2, 0.25) is 0 Å². The molecule has 0 aliphatic rings. The molecule has 1 aromatic heterocycles. The Morgan fingerprint density at radius 1 is 1.12 bits per heavy atom. The van der Waals surface area contributed by atoms with Gasteiger partial charge in [-0.1, -0.05) is 0 Å². The van der Waals surface area contributed by atoms with Gasteiger partial charge in [0.25, 0.3) is 11.5 Å². The van der Waals surface area contributed by atoms with Crippen LogP contribution in [0.1, 0.15) is 10.4 Å². The molecule has 0 aliphatic carbocycles. The van der Waals surface area contributed by atoms with Crippen molar-refractivity contribution in [2.75, 3.05) is 20.3 Å². The molecule has 24 heavy (non-hydrogen) atoms. The second kappa shape index (κ2) is 7.49. The monoisotopic (exact) mass is 333 g/mol. The van der Waals surface area contributed by atoms with Gasteiger partial charge in [-0.2, -0.15) is 0 Å². The van der Waals surface area contributed by atoms with E-state index in [1.807, 2.05) is 0 Å². The van der Waals surface area contributed by atoms with E-state index in [-0.39, 0.29) is 18.7 Å². The number of carbonyl (C=O) groups excluding carboxylic acids is 1. The van der Waals surface area contributed by atoms with E-state index in [4.69, 9.17) is 9.47 Å². The number of hydrogen-bond donors (Lipinski definition) is 1. The number of ether oxygens (including phenoxy) is 2. The summed E-state index contributed by atoms with van der Waals surface area (Å²) in [5.74, 6) is 0.814. The minimum atomic E-state index is -0.633. The minimum absolute atomic E-state index is 0.0935. The number of methoxy groups -OCH3 is 1. The first-order valence-electron chi connectivity index (χ1n) is 7.25. The molecule has 0 unspecified atom stereocenters. The van der Waals surface area contributed by atoms with E-state index in [2.05, 4.69) is 5.32 Å². The van der Waals surface area contributed by atoms with Crippen molar-refractivity contribution < 1.29 is 14.3 Å². The summed E-state index contributed by atoms with van der Waals surface area (Å²) in [6, 6.07) is 7.04. The van der Waals surface area contributed by atoms with Crippen LogP contribution in [0, 0.1) is 0 Å². The number of hydrogen-bond acceptors (Lipinski definition) is 5. The topological polar surface area (TPSA) is 91.6 Å². The lowest BCUT2D eigenvalue weighted by molar-refractivity contribution is 0.0944. The number of rotatable bonds is 6. The van der Waals surface area contributed by atoms with Crippen molar-refractivity contribution in [2.45, 2.75) is 0 Å². The van der Waals surface area contributed by atoms with Crippen LogP contribution in [0.3, 0.4) is 0 Å². The fourth-order valence-electron chi connectivity index (χ4n) is 2.06. The van der Waals surface area contributed by atoms with Crippen molar-refractivity contribution in [3.05, 3.63) is 56.9 Å². The average Bonchev–Trinajstić information content (AvgIpc) is 2.60. The Morgan fingerprint density at radius 2 is 1.75 bits per heavy atom. The largest absolute Gasteiger partial charge is 0.497 e. The lowest BCUT2D eigenvalue weighted by Gasteiger charge is -2.09. The molecule has 0 saturated heterocycles. The highest BCUT2D eigenvalue weighted by molar-refractivity contribution is 5.93. The van der Waals surface area contributed by atoms with Crippen molar-refractivity contribution in [1.29, 1.82) is 0 Å². The first kappa shape index (κ1) is 17.3. The Bertz CT molecular complexity index is 836. The number of nitrogens with one attached hydrogen (secondary N) is 1. The molecule has 1 amide bonds. The summed E-state index contributed by atoms with van der Waals surface area (Å²) in [6.07, 6.45) is 1.23. The molecule has 0 bridgehead atoms. The Labute approximate surface area is 138 Å². The van der Waals surface area contributed by atoms with Gasteiger partial charge < -0.3 is 19.4 Å². The molecule has 2 aromatic rings. The van der Waals surface area contributed by atoms with Crippen LogP contribution in [-0.4, -0.2) is 35.3 Å². The summed E-state index contributed by atoms with van der Waals surface area (Å²) in [5.41, 5.74) is -1.21. The molecule has 0 atom stereocenters. The molecule has 8 heteroatoms. The quantitative estimate of drug-likeness (QED) is 0.746. The zero-order valence-corrected chi connectivity index (χ0v) is 13.7. The smallest absolute Gasteiger partial charge is 0.330 e. The molecule has 0 aliphatic heterocycles. The second-order valence-corrected chi connectivity index (χ2v) is 5.08. The molecule has 0 spiro atoms.